The Labute approximate surface area is 94.0 Å². The number of ether oxygens (including phenoxy) is 1. The van der Waals surface area contributed by atoms with Crippen molar-refractivity contribution in [3.8, 4) is 11.8 Å². The van der Waals surface area contributed by atoms with Crippen LogP contribution in [-0.4, -0.2) is 31.2 Å². The van der Waals surface area contributed by atoms with Gasteiger partial charge in [-0.2, -0.15) is 0 Å². The zero-order valence-electron chi connectivity index (χ0n) is 8.99. The molecule has 1 heterocycles. The van der Waals surface area contributed by atoms with Crippen molar-refractivity contribution in [3.63, 3.8) is 0 Å². The summed E-state index contributed by atoms with van der Waals surface area (Å²) in [6, 6.07) is 5.19. The monoisotopic (exact) mass is 219 g/mol. The molecule has 0 saturated heterocycles. The van der Waals surface area contributed by atoms with Gasteiger partial charge in [-0.15, -0.1) is 0 Å². The average Bonchev–Trinajstić information content (AvgIpc) is 2.27. The van der Waals surface area contributed by atoms with E-state index < -0.39 is 0 Å². The van der Waals surface area contributed by atoms with E-state index in [2.05, 4.69) is 26.9 Å². The number of carbonyl (C=O) groups is 1. The SMILES string of the molecule is COCC(=O)Nc1cccc(C#CCN)n1. The van der Waals surface area contributed by atoms with Crippen LogP contribution < -0.4 is 11.1 Å². The number of anilines is 1. The van der Waals surface area contributed by atoms with Gasteiger partial charge in [-0.25, -0.2) is 4.98 Å². The van der Waals surface area contributed by atoms with Gasteiger partial charge in [0.15, 0.2) is 0 Å². The molecule has 5 heteroatoms. The first-order valence-corrected chi connectivity index (χ1v) is 4.71. The molecule has 0 aliphatic carbocycles. The van der Waals surface area contributed by atoms with Gasteiger partial charge >= 0.3 is 0 Å². The Morgan fingerprint density at radius 2 is 2.44 bits per heavy atom. The second kappa shape index (κ2) is 6.56. The molecule has 0 aliphatic rings. The molecule has 84 valence electrons. The molecular formula is C11H13N3O2. The van der Waals surface area contributed by atoms with Crippen LogP contribution in [0.25, 0.3) is 0 Å². The molecule has 0 radical (unpaired) electrons. The molecule has 0 fully saturated rings. The number of rotatable bonds is 3. The minimum absolute atomic E-state index is 0.000383. The van der Waals surface area contributed by atoms with Crippen molar-refractivity contribution in [2.75, 3.05) is 25.6 Å². The molecular weight excluding hydrogens is 206 g/mol. The summed E-state index contributed by atoms with van der Waals surface area (Å²) in [7, 11) is 1.45. The van der Waals surface area contributed by atoms with Gasteiger partial charge in [-0.1, -0.05) is 12.0 Å². The fourth-order valence-electron chi connectivity index (χ4n) is 1.03. The minimum atomic E-state index is -0.251. The van der Waals surface area contributed by atoms with Crippen LogP contribution in [0.4, 0.5) is 5.82 Å². The second-order valence-electron chi connectivity index (χ2n) is 2.90. The van der Waals surface area contributed by atoms with Crippen LogP contribution in [0.15, 0.2) is 18.2 Å². The molecule has 1 rings (SSSR count). The number of nitrogens with one attached hydrogen (secondary N) is 1. The van der Waals surface area contributed by atoms with Gasteiger partial charge in [0, 0.05) is 7.11 Å². The fraction of sp³-hybridized carbons (Fsp3) is 0.273. The number of hydrogen-bond acceptors (Lipinski definition) is 4. The molecule has 0 aromatic carbocycles. The molecule has 0 unspecified atom stereocenters. The Kier molecular flexibility index (Phi) is 4.99. The first-order chi connectivity index (χ1) is 7.76. The van der Waals surface area contributed by atoms with E-state index in [1.54, 1.807) is 18.2 Å². The number of methoxy groups -OCH3 is 1. The summed E-state index contributed by atoms with van der Waals surface area (Å²) in [6.07, 6.45) is 0. The van der Waals surface area contributed by atoms with E-state index in [1.165, 1.54) is 7.11 Å². The molecule has 1 aromatic rings. The van der Waals surface area contributed by atoms with Crippen molar-refractivity contribution in [3.05, 3.63) is 23.9 Å². The van der Waals surface area contributed by atoms with Crippen LogP contribution >= 0.6 is 0 Å². The van der Waals surface area contributed by atoms with Crippen LogP contribution in [-0.2, 0) is 9.53 Å². The number of nitrogens with two attached hydrogens (primary N) is 1. The molecule has 5 nitrogen and oxygen atoms in total. The van der Waals surface area contributed by atoms with Crippen LogP contribution in [0.1, 0.15) is 5.69 Å². The highest BCUT2D eigenvalue weighted by Crippen LogP contribution is 2.03. The van der Waals surface area contributed by atoms with E-state index in [-0.39, 0.29) is 19.1 Å². The Morgan fingerprint density at radius 3 is 3.12 bits per heavy atom. The van der Waals surface area contributed by atoms with Gasteiger partial charge in [-0.05, 0) is 18.1 Å². The van der Waals surface area contributed by atoms with Crippen molar-refractivity contribution in [2.45, 2.75) is 0 Å². The zero-order valence-corrected chi connectivity index (χ0v) is 8.99. The Morgan fingerprint density at radius 1 is 1.62 bits per heavy atom. The van der Waals surface area contributed by atoms with Crippen LogP contribution in [0.3, 0.4) is 0 Å². The quantitative estimate of drug-likeness (QED) is 0.700. The highest BCUT2D eigenvalue weighted by molar-refractivity contribution is 5.90. The van der Waals surface area contributed by atoms with Crippen molar-refractivity contribution < 1.29 is 9.53 Å². The predicted octanol–water partition coefficient (Wildman–Crippen LogP) is -0.0233. The maximum Gasteiger partial charge on any atom is 0.251 e. The molecule has 0 bridgehead atoms. The Hall–Kier alpha value is -1.90. The lowest BCUT2D eigenvalue weighted by Gasteiger charge is -2.03. The summed E-state index contributed by atoms with van der Waals surface area (Å²) >= 11 is 0. The molecule has 1 amide bonds. The van der Waals surface area contributed by atoms with Gasteiger partial charge in [-0.3, -0.25) is 4.79 Å². The molecule has 0 aliphatic heterocycles. The Balaban J connectivity index is 2.71. The maximum atomic E-state index is 11.2. The number of amides is 1. The highest BCUT2D eigenvalue weighted by atomic mass is 16.5. The van der Waals surface area contributed by atoms with Crippen LogP contribution in [0, 0.1) is 11.8 Å². The van der Waals surface area contributed by atoms with Gasteiger partial charge in [0.2, 0.25) is 0 Å². The van der Waals surface area contributed by atoms with Crippen molar-refractivity contribution >= 4 is 11.7 Å². The van der Waals surface area contributed by atoms with E-state index in [9.17, 15) is 4.79 Å². The van der Waals surface area contributed by atoms with Crippen LogP contribution in [0.2, 0.25) is 0 Å². The zero-order chi connectivity index (χ0) is 11.8. The normalized spacial score (nSPS) is 9.12. The van der Waals surface area contributed by atoms with Crippen molar-refractivity contribution in [1.82, 2.24) is 4.98 Å². The van der Waals surface area contributed by atoms with E-state index >= 15 is 0 Å². The number of aromatic nitrogens is 1. The summed E-state index contributed by atoms with van der Waals surface area (Å²) in [5.41, 5.74) is 5.82. The third-order valence-corrected chi connectivity index (χ3v) is 1.61. The van der Waals surface area contributed by atoms with Crippen LogP contribution in [0.5, 0.6) is 0 Å². The predicted molar refractivity (Wildman–Crippen MR) is 60.7 cm³/mol. The van der Waals surface area contributed by atoms with Gasteiger partial charge < -0.3 is 15.8 Å². The lowest BCUT2D eigenvalue weighted by Crippen LogP contribution is -2.17. The Bertz CT molecular complexity index is 421. The van der Waals surface area contributed by atoms with E-state index in [0.717, 1.165) is 0 Å². The fourth-order valence-corrected chi connectivity index (χ4v) is 1.03. The smallest absolute Gasteiger partial charge is 0.251 e. The summed E-state index contributed by atoms with van der Waals surface area (Å²) in [6.45, 7) is 0.280. The minimum Gasteiger partial charge on any atom is -0.375 e. The van der Waals surface area contributed by atoms with Crippen molar-refractivity contribution in [1.29, 1.82) is 0 Å². The largest absolute Gasteiger partial charge is 0.375 e. The average molecular weight is 219 g/mol. The maximum absolute atomic E-state index is 11.2. The lowest BCUT2D eigenvalue weighted by atomic mass is 10.3. The van der Waals surface area contributed by atoms with Gasteiger partial charge in [0.05, 0.1) is 6.54 Å². The first kappa shape index (κ1) is 12.2. The third-order valence-electron chi connectivity index (χ3n) is 1.61. The molecule has 3 N–H and O–H groups in total. The van der Waals surface area contributed by atoms with E-state index in [4.69, 9.17) is 5.73 Å². The van der Waals surface area contributed by atoms with Gasteiger partial charge in [0.1, 0.15) is 18.1 Å². The molecule has 0 spiro atoms. The number of nitrogens with zero attached hydrogens (tertiary/aromatic N) is 1. The summed E-state index contributed by atoms with van der Waals surface area (Å²) in [5, 5.41) is 2.59. The third kappa shape index (κ3) is 4.09. The van der Waals surface area contributed by atoms with E-state index in [1.807, 2.05) is 0 Å². The topological polar surface area (TPSA) is 77.2 Å². The number of pyridine rings is 1. The summed E-state index contributed by atoms with van der Waals surface area (Å²) in [5.74, 6) is 5.67. The first-order valence-electron chi connectivity index (χ1n) is 4.71. The summed E-state index contributed by atoms with van der Waals surface area (Å²) < 4.78 is 4.69. The molecule has 1 aromatic heterocycles. The number of carbonyl (C=O) groups excluding carboxylic acids is 1. The lowest BCUT2D eigenvalue weighted by molar-refractivity contribution is -0.119. The highest BCUT2D eigenvalue weighted by Gasteiger charge is 2.01. The molecule has 0 saturated carbocycles. The van der Waals surface area contributed by atoms with E-state index in [0.29, 0.717) is 11.5 Å². The summed E-state index contributed by atoms with van der Waals surface area (Å²) in [4.78, 5) is 15.3. The number of hydrogen-bond donors (Lipinski definition) is 2. The van der Waals surface area contributed by atoms with Crippen molar-refractivity contribution in [2.24, 2.45) is 5.73 Å². The standard InChI is InChI=1S/C11H13N3O2/c1-16-8-11(15)14-10-6-2-4-9(13-10)5-3-7-12/h2,4,6H,7-8,12H2,1H3,(H,13,14,15). The van der Waals surface area contributed by atoms with Gasteiger partial charge in [0.25, 0.3) is 5.91 Å². The second-order valence-corrected chi connectivity index (χ2v) is 2.90. The molecule has 16 heavy (non-hydrogen) atoms. The molecule has 0 atom stereocenters.